The van der Waals surface area contributed by atoms with Crippen molar-refractivity contribution < 1.29 is 15.7 Å². The molecule has 0 aromatic heterocycles. The third kappa shape index (κ3) is 3.82. The summed E-state index contributed by atoms with van der Waals surface area (Å²) in [6.45, 7) is 6.10. The van der Waals surface area contributed by atoms with Gasteiger partial charge in [-0.15, -0.1) is 0 Å². The predicted octanol–water partition coefficient (Wildman–Crippen LogP) is 4.13. The minimum absolute atomic E-state index is 0. The molecule has 4 rings (SSSR count). The Labute approximate surface area is 160 Å². The van der Waals surface area contributed by atoms with E-state index in [2.05, 4.69) is 23.3 Å². The first kappa shape index (κ1) is 17.6. The van der Waals surface area contributed by atoms with Crippen molar-refractivity contribution in [1.29, 1.82) is 0 Å². The lowest BCUT2D eigenvalue weighted by atomic mass is 10.0. The number of nitrogens with zero attached hydrogens (tertiary/aromatic N) is 1. The van der Waals surface area contributed by atoms with Crippen molar-refractivity contribution in [3.05, 3.63) is 53.1 Å². The van der Waals surface area contributed by atoms with Gasteiger partial charge in [-0.25, -0.2) is 4.99 Å². The third-order valence-electron chi connectivity index (χ3n) is 4.82. The molecule has 5 heteroatoms. The molecule has 0 fully saturated rings. The maximum atomic E-state index is 12.3. The normalized spacial score (nSPS) is 16.6. The summed E-state index contributed by atoms with van der Waals surface area (Å²) < 4.78 is 11.7. The van der Waals surface area contributed by atoms with E-state index in [0.29, 0.717) is 11.6 Å². The quantitative estimate of drug-likeness (QED) is 0.889. The minimum Gasteiger partial charge on any atom is -0.483 e. The molecule has 5 nitrogen and oxygen atoms in total. The number of benzene rings is 2. The first-order valence-corrected chi connectivity index (χ1v) is 9.30. The van der Waals surface area contributed by atoms with Gasteiger partial charge in [-0.2, -0.15) is 0 Å². The average molecular weight is 366 g/mol. The van der Waals surface area contributed by atoms with E-state index in [-0.39, 0.29) is 19.5 Å². The predicted molar refractivity (Wildman–Crippen MR) is 107 cm³/mol. The lowest BCUT2D eigenvalue weighted by Crippen LogP contribution is -2.35. The maximum absolute atomic E-state index is 12.3. The number of rotatable bonds is 3. The van der Waals surface area contributed by atoms with Crippen molar-refractivity contribution in [2.24, 2.45) is 4.99 Å². The van der Waals surface area contributed by atoms with E-state index in [1.807, 2.05) is 44.2 Å². The molecule has 0 saturated carbocycles. The van der Waals surface area contributed by atoms with Crippen molar-refractivity contribution >= 4 is 17.4 Å². The fourth-order valence-corrected chi connectivity index (χ4v) is 3.61. The Morgan fingerprint density at radius 3 is 2.96 bits per heavy atom. The zero-order valence-electron chi connectivity index (χ0n) is 16.0. The Bertz CT molecular complexity index is 937. The Morgan fingerprint density at radius 1 is 1.26 bits per heavy atom. The molecular formula is C22H26N2O3. The number of carbonyl (C=O) groups excluding carboxylic acids is 1. The maximum Gasteiger partial charge on any atom is 0.263 e. The number of para-hydroxylation sites is 1. The highest BCUT2D eigenvalue weighted by Gasteiger charge is 2.32. The van der Waals surface area contributed by atoms with Gasteiger partial charge in [0.1, 0.15) is 11.4 Å². The Kier molecular flexibility index (Phi) is 4.38. The average Bonchev–Trinajstić information content (AvgIpc) is 2.94. The van der Waals surface area contributed by atoms with Gasteiger partial charge in [-0.3, -0.25) is 4.79 Å². The zero-order valence-corrected chi connectivity index (χ0v) is 16.0. The van der Waals surface area contributed by atoms with E-state index in [4.69, 9.17) is 9.47 Å². The van der Waals surface area contributed by atoms with E-state index >= 15 is 0 Å². The number of amidine groups is 1. The molecule has 0 spiro atoms. The monoisotopic (exact) mass is 366 g/mol. The molecule has 1 amide bonds. The summed E-state index contributed by atoms with van der Waals surface area (Å²) in [5.41, 5.74) is 4.25. The van der Waals surface area contributed by atoms with E-state index in [0.717, 1.165) is 36.3 Å². The van der Waals surface area contributed by atoms with Crippen LogP contribution in [0.15, 0.2) is 41.4 Å². The van der Waals surface area contributed by atoms with E-state index < -0.39 is 0 Å². The number of hydrogen-bond acceptors (Lipinski definition) is 4. The van der Waals surface area contributed by atoms with Crippen LogP contribution in [0.4, 0.5) is 5.69 Å². The molecular weight excluding hydrogens is 340 g/mol. The van der Waals surface area contributed by atoms with Crippen LogP contribution < -0.4 is 14.8 Å². The molecule has 2 aliphatic heterocycles. The van der Waals surface area contributed by atoms with Crippen LogP contribution >= 0.6 is 0 Å². The van der Waals surface area contributed by atoms with Gasteiger partial charge in [0.15, 0.2) is 18.1 Å². The van der Waals surface area contributed by atoms with E-state index in [1.54, 1.807) is 0 Å². The van der Waals surface area contributed by atoms with Crippen LogP contribution in [0, 0.1) is 6.92 Å². The fraction of sp³-hybridized carbons (Fsp3) is 0.364. The number of fused-ring (bicyclic) bond motifs is 2. The molecule has 2 aliphatic rings. The van der Waals surface area contributed by atoms with Gasteiger partial charge in [0, 0.05) is 19.8 Å². The Balaban J connectivity index is 0.00000225. The number of carbonyl (C=O) groups is 1. The van der Waals surface area contributed by atoms with Crippen molar-refractivity contribution in [2.75, 3.05) is 6.61 Å². The molecule has 0 saturated heterocycles. The van der Waals surface area contributed by atoms with Crippen molar-refractivity contribution in [2.45, 2.75) is 45.6 Å². The third-order valence-corrected chi connectivity index (χ3v) is 4.82. The highest BCUT2D eigenvalue weighted by Crippen LogP contribution is 2.41. The van der Waals surface area contributed by atoms with Gasteiger partial charge >= 0.3 is 0 Å². The number of amides is 1. The van der Waals surface area contributed by atoms with Crippen molar-refractivity contribution in [1.82, 2.24) is 5.32 Å². The van der Waals surface area contributed by atoms with Crippen LogP contribution in [-0.4, -0.2) is 24.0 Å². The summed E-state index contributed by atoms with van der Waals surface area (Å²) in [5, 5.41) is 2.87. The molecule has 2 aromatic carbocycles. The van der Waals surface area contributed by atoms with Gasteiger partial charge < -0.3 is 14.8 Å². The van der Waals surface area contributed by atoms with Crippen molar-refractivity contribution in [3.63, 3.8) is 0 Å². The van der Waals surface area contributed by atoms with Crippen LogP contribution in [0.1, 0.15) is 38.4 Å². The second-order valence-corrected chi connectivity index (χ2v) is 7.81. The first-order chi connectivity index (χ1) is 12.9. The number of aliphatic imine (C=N–C) groups is 1. The summed E-state index contributed by atoms with van der Waals surface area (Å²) in [7, 11) is 0. The van der Waals surface area contributed by atoms with Gasteiger partial charge in [0.05, 0.1) is 5.69 Å². The van der Waals surface area contributed by atoms with Gasteiger partial charge in [-0.05, 0) is 44.9 Å². The van der Waals surface area contributed by atoms with Crippen LogP contribution in [0.5, 0.6) is 11.5 Å². The van der Waals surface area contributed by atoms with Crippen LogP contribution in [0.2, 0.25) is 0 Å². The standard InChI is InChI=1S/C22H24N2O3.H2/c1-14-7-9-17-15(11-14)8-10-19(23-17)24-20(25)13-26-18-6-4-5-16-12-22(2,3)27-21(16)18;/h4-7,9,11H,8,10,12-13H2,1-3H3,(H,23,24,25);1H. The highest BCUT2D eigenvalue weighted by molar-refractivity contribution is 6.00. The molecule has 0 radical (unpaired) electrons. The SMILES string of the molecule is Cc1ccc2c(c1)CCC(NC(=O)COc1cccc3c1OC(C)(C)C3)=N2.[HH]. The lowest BCUT2D eigenvalue weighted by Gasteiger charge is -2.18. The molecule has 0 aliphatic carbocycles. The fourth-order valence-electron chi connectivity index (χ4n) is 3.61. The molecule has 27 heavy (non-hydrogen) atoms. The second kappa shape index (κ2) is 6.72. The Hall–Kier alpha value is -2.82. The summed E-state index contributed by atoms with van der Waals surface area (Å²) in [5.74, 6) is 1.84. The number of nitrogens with one attached hydrogen (secondary N) is 1. The smallest absolute Gasteiger partial charge is 0.263 e. The van der Waals surface area contributed by atoms with Crippen molar-refractivity contribution in [3.8, 4) is 11.5 Å². The summed E-state index contributed by atoms with van der Waals surface area (Å²) >= 11 is 0. The zero-order chi connectivity index (χ0) is 19.0. The molecule has 2 heterocycles. The van der Waals surface area contributed by atoms with Gasteiger partial charge in [0.2, 0.25) is 0 Å². The largest absolute Gasteiger partial charge is 0.483 e. The number of aryl methyl sites for hydroxylation is 2. The molecule has 142 valence electrons. The number of ether oxygens (including phenoxy) is 2. The summed E-state index contributed by atoms with van der Waals surface area (Å²) in [4.78, 5) is 16.9. The van der Waals surface area contributed by atoms with E-state index in [9.17, 15) is 4.79 Å². The molecule has 0 unspecified atom stereocenters. The molecule has 1 N–H and O–H groups in total. The molecule has 0 bridgehead atoms. The van der Waals surface area contributed by atoms with Crippen LogP contribution in [0.3, 0.4) is 0 Å². The van der Waals surface area contributed by atoms with E-state index in [1.165, 1.54) is 11.1 Å². The molecule has 0 atom stereocenters. The van der Waals surface area contributed by atoms with Gasteiger partial charge in [-0.1, -0.05) is 29.8 Å². The van der Waals surface area contributed by atoms with Crippen LogP contribution in [-0.2, 0) is 17.6 Å². The highest BCUT2D eigenvalue weighted by atomic mass is 16.5. The van der Waals surface area contributed by atoms with Gasteiger partial charge in [0.25, 0.3) is 5.91 Å². The van der Waals surface area contributed by atoms with Crippen LogP contribution in [0.25, 0.3) is 0 Å². The summed E-state index contributed by atoms with van der Waals surface area (Å²) in [6.07, 6.45) is 2.44. The number of hydrogen-bond donors (Lipinski definition) is 1. The lowest BCUT2D eigenvalue weighted by molar-refractivity contribution is -0.121. The minimum atomic E-state index is -0.243. The Morgan fingerprint density at radius 2 is 2.11 bits per heavy atom. The topological polar surface area (TPSA) is 59.9 Å². The summed E-state index contributed by atoms with van der Waals surface area (Å²) in [6, 6.07) is 12.0. The first-order valence-electron chi connectivity index (χ1n) is 9.30. The molecule has 2 aromatic rings. The second-order valence-electron chi connectivity index (χ2n) is 7.81.